The Morgan fingerprint density at radius 2 is 1.94 bits per heavy atom. The number of rotatable bonds is 7. The molecule has 0 spiro atoms. The van der Waals surface area contributed by atoms with Crippen LogP contribution in [0, 0.1) is 11.3 Å². The molecule has 168 valence electrons. The van der Waals surface area contributed by atoms with E-state index in [4.69, 9.17) is 21.6 Å². The normalized spacial score (nSPS) is 17.5. The average molecular weight is 442 g/mol. The lowest BCUT2D eigenvalue weighted by Gasteiger charge is -2.36. The third-order valence-corrected chi connectivity index (χ3v) is 6.22. The van der Waals surface area contributed by atoms with Crippen molar-refractivity contribution in [1.29, 1.82) is 5.41 Å². The van der Waals surface area contributed by atoms with Gasteiger partial charge in [-0.2, -0.15) is 0 Å². The summed E-state index contributed by atoms with van der Waals surface area (Å²) < 4.78 is 8.25. The first-order chi connectivity index (χ1) is 16.1. The minimum absolute atomic E-state index is 0.0158. The third kappa shape index (κ3) is 4.32. The Balaban J connectivity index is 1.41. The number of guanidine groups is 1. The number of nitrogens with zero attached hydrogens (tertiary/aromatic N) is 3. The zero-order chi connectivity index (χ0) is 22.8. The molecule has 0 aliphatic heterocycles. The van der Waals surface area contributed by atoms with Gasteiger partial charge in [-0.3, -0.25) is 5.41 Å². The highest BCUT2D eigenvalue weighted by Crippen LogP contribution is 2.42. The van der Waals surface area contributed by atoms with Crippen molar-refractivity contribution in [2.45, 2.75) is 25.5 Å². The van der Waals surface area contributed by atoms with Gasteiger partial charge in [-0.25, -0.2) is 9.97 Å². The molecule has 0 bridgehead atoms. The summed E-state index contributed by atoms with van der Waals surface area (Å²) in [5.41, 5.74) is 15.7. The summed E-state index contributed by atoms with van der Waals surface area (Å²) in [6.45, 7) is 1.23. The molecular formula is C25H27N7O. The smallest absolute Gasteiger partial charge is 0.185 e. The zero-order valence-electron chi connectivity index (χ0n) is 18.2. The van der Waals surface area contributed by atoms with Gasteiger partial charge in [-0.05, 0) is 42.0 Å². The van der Waals surface area contributed by atoms with Crippen LogP contribution in [-0.4, -0.2) is 27.0 Å². The maximum Gasteiger partial charge on any atom is 0.185 e. The molecule has 5 rings (SSSR count). The van der Waals surface area contributed by atoms with Crippen LogP contribution in [0.25, 0.3) is 22.2 Å². The van der Waals surface area contributed by atoms with Gasteiger partial charge in [0.05, 0.1) is 5.39 Å². The van der Waals surface area contributed by atoms with Crippen LogP contribution in [0.1, 0.15) is 24.4 Å². The topological polar surface area (TPSA) is 128 Å². The van der Waals surface area contributed by atoms with Crippen LogP contribution in [0.2, 0.25) is 0 Å². The van der Waals surface area contributed by atoms with E-state index in [0.717, 1.165) is 52.9 Å². The van der Waals surface area contributed by atoms with E-state index in [2.05, 4.69) is 32.1 Å². The standard InChI is InChI=1S/C25H27N7O/c26-23-22-21(18-7-4-8-20(11-18)33-14-16-5-2-1-3-6-16)13-32(24(22)31-15-30-23)19-9-17(10-19)12-29-25(27)28/h1-8,11,13,15,17,19H,9-10,12,14H2,(H2,26,30,31)(H4,27,28,29)/t17-,19-. The Labute approximate surface area is 192 Å². The monoisotopic (exact) mass is 441 g/mol. The predicted octanol–water partition coefficient (Wildman–Crippen LogP) is 3.69. The Hall–Kier alpha value is -4.07. The first-order valence-corrected chi connectivity index (χ1v) is 11.0. The molecular weight excluding hydrogens is 414 g/mol. The maximum atomic E-state index is 7.35. The Kier molecular flexibility index (Phi) is 5.56. The quantitative estimate of drug-likeness (QED) is 0.256. The average Bonchev–Trinajstić information content (AvgIpc) is 3.18. The summed E-state index contributed by atoms with van der Waals surface area (Å²) in [7, 11) is 0. The van der Waals surface area contributed by atoms with E-state index in [-0.39, 0.29) is 5.96 Å². The van der Waals surface area contributed by atoms with E-state index in [9.17, 15) is 0 Å². The fraction of sp³-hybridized carbons (Fsp3) is 0.240. The van der Waals surface area contributed by atoms with Crippen molar-refractivity contribution in [3.05, 3.63) is 72.7 Å². The largest absolute Gasteiger partial charge is 0.489 e. The fourth-order valence-electron chi connectivity index (χ4n) is 4.45. The second kappa shape index (κ2) is 8.82. The van der Waals surface area contributed by atoms with Crippen molar-refractivity contribution in [2.24, 2.45) is 11.7 Å². The van der Waals surface area contributed by atoms with Gasteiger partial charge in [-0.1, -0.05) is 42.5 Å². The Morgan fingerprint density at radius 1 is 1.12 bits per heavy atom. The molecule has 0 atom stereocenters. The second-order valence-electron chi connectivity index (χ2n) is 8.50. The summed E-state index contributed by atoms with van der Waals surface area (Å²) in [6.07, 6.45) is 5.64. The van der Waals surface area contributed by atoms with E-state index in [1.807, 2.05) is 48.5 Å². The summed E-state index contributed by atoms with van der Waals surface area (Å²) in [4.78, 5) is 8.81. The molecule has 1 aliphatic rings. The van der Waals surface area contributed by atoms with Crippen LogP contribution >= 0.6 is 0 Å². The van der Waals surface area contributed by atoms with Gasteiger partial charge in [0.15, 0.2) is 5.96 Å². The van der Waals surface area contributed by atoms with E-state index in [0.29, 0.717) is 24.4 Å². The number of hydrogen-bond acceptors (Lipinski definition) is 5. The zero-order valence-corrected chi connectivity index (χ0v) is 18.2. The van der Waals surface area contributed by atoms with Crippen LogP contribution < -0.4 is 21.5 Å². The summed E-state index contributed by atoms with van der Waals surface area (Å²) in [5, 5.41) is 11.1. The van der Waals surface area contributed by atoms with Gasteiger partial charge in [-0.15, -0.1) is 0 Å². The van der Waals surface area contributed by atoms with Crippen LogP contribution in [0.3, 0.4) is 0 Å². The maximum absolute atomic E-state index is 7.35. The van der Waals surface area contributed by atoms with Crippen molar-refractivity contribution in [1.82, 2.24) is 19.9 Å². The molecule has 8 nitrogen and oxygen atoms in total. The fourth-order valence-corrected chi connectivity index (χ4v) is 4.45. The summed E-state index contributed by atoms with van der Waals surface area (Å²) in [5.74, 6) is 1.76. The highest BCUT2D eigenvalue weighted by atomic mass is 16.5. The van der Waals surface area contributed by atoms with E-state index in [1.54, 1.807) is 0 Å². The van der Waals surface area contributed by atoms with Crippen LogP contribution in [0.5, 0.6) is 5.75 Å². The molecule has 6 N–H and O–H groups in total. The van der Waals surface area contributed by atoms with E-state index < -0.39 is 0 Å². The first-order valence-electron chi connectivity index (χ1n) is 11.0. The Bertz CT molecular complexity index is 1280. The van der Waals surface area contributed by atoms with Crippen LogP contribution in [-0.2, 0) is 6.61 Å². The summed E-state index contributed by atoms with van der Waals surface area (Å²) >= 11 is 0. The number of nitrogen functional groups attached to an aromatic ring is 1. The molecule has 0 radical (unpaired) electrons. The number of nitrogens with one attached hydrogen (secondary N) is 2. The molecule has 0 amide bonds. The highest BCUT2D eigenvalue weighted by molar-refractivity contribution is 6.00. The van der Waals surface area contributed by atoms with Crippen molar-refractivity contribution in [3.63, 3.8) is 0 Å². The van der Waals surface area contributed by atoms with Crippen LogP contribution in [0.15, 0.2) is 67.1 Å². The number of nitrogens with two attached hydrogens (primary N) is 2. The molecule has 0 saturated heterocycles. The molecule has 2 heterocycles. The predicted molar refractivity (Wildman–Crippen MR) is 130 cm³/mol. The number of anilines is 1. The molecule has 2 aromatic heterocycles. The SMILES string of the molecule is N=C(N)NC[C@H]1C[C@H](n2cc(-c3cccc(OCc4ccccc4)c3)c3c(N)ncnc32)C1. The van der Waals surface area contributed by atoms with Crippen molar-refractivity contribution < 1.29 is 4.74 Å². The molecule has 4 aromatic rings. The van der Waals surface area contributed by atoms with Crippen molar-refractivity contribution in [3.8, 4) is 16.9 Å². The molecule has 0 unspecified atom stereocenters. The summed E-state index contributed by atoms with van der Waals surface area (Å²) in [6, 6.07) is 18.5. The van der Waals surface area contributed by atoms with Gasteiger partial charge < -0.3 is 26.1 Å². The second-order valence-corrected chi connectivity index (χ2v) is 8.50. The number of aromatic nitrogens is 3. The molecule has 1 fully saturated rings. The molecule has 8 heteroatoms. The molecule has 2 aromatic carbocycles. The number of hydrogen-bond donors (Lipinski definition) is 4. The number of ether oxygens (including phenoxy) is 1. The van der Waals surface area contributed by atoms with Crippen molar-refractivity contribution in [2.75, 3.05) is 12.3 Å². The van der Waals surface area contributed by atoms with Gasteiger partial charge >= 0.3 is 0 Å². The molecule has 1 saturated carbocycles. The lowest BCUT2D eigenvalue weighted by Crippen LogP contribution is -2.39. The number of benzene rings is 2. The van der Waals surface area contributed by atoms with Crippen molar-refractivity contribution >= 4 is 22.8 Å². The lowest BCUT2D eigenvalue weighted by molar-refractivity contribution is 0.203. The molecule has 33 heavy (non-hydrogen) atoms. The van der Waals surface area contributed by atoms with E-state index in [1.165, 1.54) is 6.33 Å². The van der Waals surface area contributed by atoms with Gasteiger partial charge in [0.2, 0.25) is 0 Å². The molecule has 1 aliphatic carbocycles. The minimum atomic E-state index is 0.0158. The lowest BCUT2D eigenvalue weighted by atomic mass is 9.80. The van der Waals surface area contributed by atoms with Gasteiger partial charge in [0.1, 0.15) is 30.1 Å². The number of fused-ring (bicyclic) bond motifs is 1. The van der Waals surface area contributed by atoms with Gasteiger partial charge in [0.25, 0.3) is 0 Å². The first kappa shape index (κ1) is 20.8. The Morgan fingerprint density at radius 3 is 2.73 bits per heavy atom. The minimum Gasteiger partial charge on any atom is -0.489 e. The van der Waals surface area contributed by atoms with Crippen LogP contribution in [0.4, 0.5) is 5.82 Å². The van der Waals surface area contributed by atoms with E-state index >= 15 is 0 Å². The third-order valence-electron chi connectivity index (χ3n) is 6.22. The highest BCUT2D eigenvalue weighted by Gasteiger charge is 2.32. The van der Waals surface area contributed by atoms with Gasteiger partial charge in [0, 0.05) is 24.3 Å².